The fourth-order valence-electron chi connectivity index (χ4n) is 3.29. The van der Waals surface area contributed by atoms with Crippen LogP contribution >= 0.6 is 11.6 Å². The van der Waals surface area contributed by atoms with Crippen LogP contribution in [0.4, 0.5) is 5.69 Å². The van der Waals surface area contributed by atoms with Gasteiger partial charge >= 0.3 is 0 Å². The van der Waals surface area contributed by atoms with Crippen LogP contribution in [0.15, 0.2) is 48.5 Å². The van der Waals surface area contributed by atoms with Crippen LogP contribution in [0.25, 0.3) is 0 Å². The fourth-order valence-corrected chi connectivity index (χ4v) is 4.38. The van der Waals surface area contributed by atoms with Gasteiger partial charge in [-0.2, -0.15) is 0 Å². The Morgan fingerprint density at radius 3 is 2.31 bits per heavy atom. The lowest BCUT2D eigenvalue weighted by Gasteiger charge is -2.32. The highest BCUT2D eigenvalue weighted by Gasteiger charge is 2.31. The minimum Gasteiger partial charge on any atom is -0.495 e. The number of hydrogen-bond donors (Lipinski definition) is 1. The predicted molar refractivity (Wildman–Crippen MR) is 125 cm³/mol. The van der Waals surface area contributed by atoms with Gasteiger partial charge < -0.3 is 15.0 Å². The Hall–Kier alpha value is -2.78. The molecule has 32 heavy (non-hydrogen) atoms. The third-order valence-corrected chi connectivity index (χ3v) is 6.37. The molecule has 1 atom stereocenters. The lowest BCUT2D eigenvalue weighted by molar-refractivity contribution is -0.140. The highest BCUT2D eigenvalue weighted by atomic mass is 35.5. The Labute approximate surface area is 194 Å². The molecule has 2 amide bonds. The van der Waals surface area contributed by atoms with Crippen LogP contribution in [0.1, 0.15) is 18.9 Å². The number of amides is 2. The first kappa shape index (κ1) is 25.5. The molecule has 0 aliphatic rings. The molecule has 0 saturated heterocycles. The number of carbonyl (C=O) groups is 2. The van der Waals surface area contributed by atoms with Crippen LogP contribution in [-0.4, -0.2) is 58.1 Å². The Bertz CT molecular complexity index is 1050. The summed E-state index contributed by atoms with van der Waals surface area (Å²) in [5.74, 6) is -0.455. The number of sulfonamides is 1. The van der Waals surface area contributed by atoms with Crippen molar-refractivity contribution in [2.24, 2.45) is 0 Å². The summed E-state index contributed by atoms with van der Waals surface area (Å²) in [7, 11) is -0.882. The summed E-state index contributed by atoms with van der Waals surface area (Å²) in [6.07, 6.45) is 1.38. The van der Waals surface area contributed by atoms with Gasteiger partial charge in [0.1, 0.15) is 18.3 Å². The minimum absolute atomic E-state index is 0.159. The third kappa shape index (κ3) is 6.37. The highest BCUT2D eigenvalue weighted by Crippen LogP contribution is 2.30. The van der Waals surface area contributed by atoms with Gasteiger partial charge in [-0.25, -0.2) is 8.42 Å². The van der Waals surface area contributed by atoms with E-state index in [1.54, 1.807) is 6.92 Å². The van der Waals surface area contributed by atoms with E-state index < -0.39 is 28.5 Å². The molecular weight excluding hydrogens is 454 g/mol. The molecule has 0 fully saturated rings. The maximum atomic E-state index is 13.4. The zero-order valence-corrected chi connectivity index (χ0v) is 20.1. The summed E-state index contributed by atoms with van der Waals surface area (Å²) in [5, 5.41) is 2.79. The second-order valence-corrected chi connectivity index (χ2v) is 9.45. The van der Waals surface area contributed by atoms with E-state index in [-0.39, 0.29) is 23.2 Å². The molecule has 174 valence electrons. The zero-order valence-electron chi connectivity index (χ0n) is 18.5. The summed E-state index contributed by atoms with van der Waals surface area (Å²) < 4.78 is 31.2. The smallest absolute Gasteiger partial charge is 0.244 e. The third-order valence-electron chi connectivity index (χ3n) is 4.93. The summed E-state index contributed by atoms with van der Waals surface area (Å²) >= 11 is 6.17. The Morgan fingerprint density at radius 2 is 1.81 bits per heavy atom. The number of hydrogen-bond acceptors (Lipinski definition) is 5. The molecular formula is C22H28ClN3O5S. The number of benzene rings is 2. The van der Waals surface area contributed by atoms with Crippen molar-refractivity contribution in [1.82, 2.24) is 10.2 Å². The van der Waals surface area contributed by atoms with E-state index in [9.17, 15) is 18.0 Å². The van der Waals surface area contributed by atoms with Crippen molar-refractivity contribution < 1.29 is 22.7 Å². The summed E-state index contributed by atoms with van der Waals surface area (Å²) in [5.41, 5.74) is 1.04. The Kier molecular flexibility index (Phi) is 8.91. The number of likely N-dealkylation sites (N-methyl/N-ethyl adjacent to an activating group) is 1. The number of nitrogens with zero attached hydrogens (tertiary/aromatic N) is 2. The molecule has 0 bridgehead atoms. The van der Waals surface area contributed by atoms with Gasteiger partial charge in [-0.1, -0.05) is 48.9 Å². The SMILES string of the molecule is CC[C@@H](C(=O)NC)N(Cc1ccccc1)C(=O)CN(c1ccc(OC)c(Cl)c1)S(C)(=O)=O. The molecule has 0 radical (unpaired) electrons. The number of anilines is 1. The van der Waals surface area contributed by atoms with Crippen molar-refractivity contribution in [3.63, 3.8) is 0 Å². The van der Waals surface area contributed by atoms with E-state index in [1.807, 2.05) is 30.3 Å². The fraction of sp³-hybridized carbons (Fsp3) is 0.364. The lowest BCUT2D eigenvalue weighted by Crippen LogP contribution is -2.51. The maximum Gasteiger partial charge on any atom is 0.244 e. The van der Waals surface area contributed by atoms with E-state index in [0.29, 0.717) is 12.2 Å². The molecule has 8 nitrogen and oxygen atoms in total. The van der Waals surface area contributed by atoms with Crippen molar-refractivity contribution in [1.29, 1.82) is 0 Å². The summed E-state index contributed by atoms with van der Waals surface area (Å²) in [6, 6.07) is 12.9. The van der Waals surface area contributed by atoms with Crippen LogP contribution in [0.5, 0.6) is 5.75 Å². The lowest BCUT2D eigenvalue weighted by atomic mass is 10.1. The van der Waals surface area contributed by atoms with Gasteiger partial charge in [0.25, 0.3) is 0 Å². The quantitative estimate of drug-likeness (QED) is 0.562. The van der Waals surface area contributed by atoms with Crippen molar-refractivity contribution in [2.45, 2.75) is 25.9 Å². The minimum atomic E-state index is -3.83. The summed E-state index contributed by atoms with van der Waals surface area (Å²) in [6.45, 7) is 1.47. The number of methoxy groups -OCH3 is 1. The first-order valence-corrected chi connectivity index (χ1v) is 12.2. The average Bonchev–Trinajstić information content (AvgIpc) is 2.76. The second-order valence-electron chi connectivity index (χ2n) is 7.13. The average molecular weight is 482 g/mol. The van der Waals surface area contributed by atoms with Crippen molar-refractivity contribution in [2.75, 3.05) is 31.3 Å². The van der Waals surface area contributed by atoms with Gasteiger partial charge in [0, 0.05) is 13.6 Å². The molecule has 0 saturated carbocycles. The van der Waals surface area contributed by atoms with Gasteiger partial charge in [-0.05, 0) is 30.2 Å². The number of halogens is 1. The molecule has 1 N–H and O–H groups in total. The molecule has 0 heterocycles. The number of nitrogens with one attached hydrogen (secondary N) is 1. The highest BCUT2D eigenvalue weighted by molar-refractivity contribution is 7.92. The van der Waals surface area contributed by atoms with Crippen molar-refractivity contribution >= 4 is 39.1 Å². The standard InChI is InChI=1S/C22H28ClN3O5S/c1-5-19(22(28)24-2)25(14-16-9-7-6-8-10-16)21(27)15-26(32(4,29)30)17-11-12-20(31-3)18(23)13-17/h6-13,19H,5,14-15H2,1-4H3,(H,24,28)/t19-/m0/s1. The first-order chi connectivity index (χ1) is 15.1. The molecule has 0 unspecified atom stereocenters. The van der Waals surface area contributed by atoms with Crippen LogP contribution in [0.3, 0.4) is 0 Å². The van der Waals surface area contributed by atoms with E-state index >= 15 is 0 Å². The van der Waals surface area contributed by atoms with E-state index in [2.05, 4.69) is 5.32 Å². The zero-order chi connectivity index (χ0) is 23.9. The summed E-state index contributed by atoms with van der Waals surface area (Å²) in [4.78, 5) is 27.3. The topological polar surface area (TPSA) is 96.0 Å². The van der Waals surface area contributed by atoms with Gasteiger partial charge in [-0.15, -0.1) is 0 Å². The molecule has 0 aliphatic carbocycles. The molecule has 0 aromatic heterocycles. The van der Waals surface area contributed by atoms with E-state index in [0.717, 1.165) is 16.1 Å². The molecule has 2 aromatic carbocycles. The molecule has 10 heteroatoms. The molecule has 0 spiro atoms. The first-order valence-electron chi connectivity index (χ1n) is 9.98. The molecule has 0 aliphatic heterocycles. The number of rotatable bonds is 10. The Morgan fingerprint density at radius 1 is 1.16 bits per heavy atom. The normalized spacial score (nSPS) is 12.0. The number of ether oxygens (including phenoxy) is 1. The number of carbonyl (C=O) groups excluding carboxylic acids is 2. The largest absolute Gasteiger partial charge is 0.495 e. The molecule has 2 aromatic rings. The van der Waals surface area contributed by atoms with Gasteiger partial charge in [-0.3, -0.25) is 13.9 Å². The van der Waals surface area contributed by atoms with Crippen LogP contribution in [0, 0.1) is 0 Å². The van der Waals surface area contributed by atoms with E-state index in [1.165, 1.54) is 37.3 Å². The second kappa shape index (κ2) is 11.2. The van der Waals surface area contributed by atoms with Crippen molar-refractivity contribution in [3.8, 4) is 5.75 Å². The molecule has 2 rings (SSSR count). The van der Waals surface area contributed by atoms with Crippen LogP contribution in [0.2, 0.25) is 5.02 Å². The van der Waals surface area contributed by atoms with Crippen molar-refractivity contribution in [3.05, 3.63) is 59.1 Å². The van der Waals surface area contributed by atoms with Gasteiger partial charge in [0.2, 0.25) is 21.8 Å². The van der Waals surface area contributed by atoms with Gasteiger partial charge in [0.05, 0.1) is 24.1 Å². The maximum absolute atomic E-state index is 13.4. The van der Waals surface area contributed by atoms with E-state index in [4.69, 9.17) is 16.3 Å². The van der Waals surface area contributed by atoms with Gasteiger partial charge in [0.15, 0.2) is 0 Å². The Balaban J connectivity index is 2.43. The monoisotopic (exact) mass is 481 g/mol. The van der Waals surface area contributed by atoms with Crippen LogP contribution in [-0.2, 0) is 26.2 Å². The predicted octanol–water partition coefficient (Wildman–Crippen LogP) is 2.67. The van der Waals surface area contributed by atoms with Crippen LogP contribution < -0.4 is 14.4 Å².